The van der Waals surface area contributed by atoms with Gasteiger partial charge in [-0.05, 0) is 50.2 Å². The number of nitrogens with zero attached hydrogens (tertiary/aromatic N) is 3. The number of aryl methyl sites for hydroxylation is 2. The van der Waals surface area contributed by atoms with Gasteiger partial charge in [0.1, 0.15) is 18.1 Å². The van der Waals surface area contributed by atoms with E-state index in [2.05, 4.69) is 10.2 Å². The monoisotopic (exact) mass is 403 g/mol. The van der Waals surface area contributed by atoms with Crippen molar-refractivity contribution >= 4 is 22.5 Å². The van der Waals surface area contributed by atoms with Gasteiger partial charge in [0.05, 0.1) is 5.52 Å². The number of hydrogen-bond acceptors (Lipinski definition) is 5. The van der Waals surface area contributed by atoms with Crippen LogP contribution in [0.15, 0.2) is 75.3 Å². The van der Waals surface area contributed by atoms with E-state index in [9.17, 15) is 9.90 Å². The molecule has 0 bridgehead atoms. The number of carbonyl (C=O) groups excluding carboxylic acids is 1. The minimum Gasteiger partial charge on any atom is -0.493 e. The Morgan fingerprint density at radius 3 is 2.70 bits per heavy atom. The summed E-state index contributed by atoms with van der Waals surface area (Å²) in [7, 11) is 0. The van der Waals surface area contributed by atoms with Crippen molar-refractivity contribution in [3.05, 3.63) is 77.7 Å². The molecule has 2 heterocycles. The van der Waals surface area contributed by atoms with E-state index in [1.165, 1.54) is 6.07 Å². The summed E-state index contributed by atoms with van der Waals surface area (Å²) in [6, 6.07) is 18.3. The molecule has 7 heteroatoms. The molecular weight excluding hydrogens is 382 g/mol. The first-order valence-corrected chi connectivity index (χ1v) is 9.61. The maximum atomic E-state index is 12.4. The average Bonchev–Trinajstić information content (AvgIpc) is 3.33. The summed E-state index contributed by atoms with van der Waals surface area (Å²) in [4.78, 5) is 12.4. The molecule has 0 radical (unpaired) electrons. The van der Waals surface area contributed by atoms with Crippen molar-refractivity contribution in [1.82, 2.24) is 4.57 Å². The van der Waals surface area contributed by atoms with Crippen LogP contribution in [0.25, 0.3) is 10.9 Å². The molecule has 0 saturated heterocycles. The summed E-state index contributed by atoms with van der Waals surface area (Å²) in [5, 5.41) is 19.1. The first-order valence-electron chi connectivity index (χ1n) is 9.61. The number of aromatic nitrogens is 1. The van der Waals surface area contributed by atoms with Crippen LogP contribution >= 0.6 is 0 Å². The molecule has 1 amide bonds. The Kier molecular flexibility index (Phi) is 5.34. The molecule has 4 rings (SSSR count). The van der Waals surface area contributed by atoms with Crippen LogP contribution in [-0.4, -0.2) is 15.6 Å². The number of para-hydroxylation sites is 1. The number of carbonyl (C=O) groups is 1. The highest BCUT2D eigenvalue weighted by atomic mass is 16.5. The predicted molar refractivity (Wildman–Crippen MR) is 112 cm³/mol. The fourth-order valence-electron chi connectivity index (χ4n) is 3.24. The topological polar surface area (TPSA) is 89.3 Å². The molecule has 0 atom stereocenters. The van der Waals surface area contributed by atoms with Crippen molar-refractivity contribution in [1.29, 1.82) is 0 Å². The molecule has 0 unspecified atom stereocenters. The molecule has 7 nitrogen and oxygen atoms in total. The maximum absolute atomic E-state index is 12.4. The highest BCUT2D eigenvalue weighted by Gasteiger charge is 2.17. The van der Waals surface area contributed by atoms with E-state index in [1.807, 2.05) is 62.4 Å². The Bertz CT molecular complexity index is 1220. The van der Waals surface area contributed by atoms with Crippen molar-refractivity contribution < 1.29 is 19.1 Å². The zero-order valence-electron chi connectivity index (χ0n) is 16.7. The molecule has 0 fully saturated rings. The van der Waals surface area contributed by atoms with Crippen molar-refractivity contribution in [3.8, 4) is 11.6 Å². The lowest BCUT2D eigenvalue weighted by Crippen LogP contribution is -1.94. The number of benzene rings is 2. The Labute approximate surface area is 173 Å². The second-order valence-corrected chi connectivity index (χ2v) is 6.81. The smallest absolute Gasteiger partial charge is 0.331 e. The minimum atomic E-state index is -0.634. The number of amides is 1. The second-order valence-electron chi connectivity index (χ2n) is 6.81. The van der Waals surface area contributed by atoms with Gasteiger partial charge in [-0.1, -0.05) is 29.8 Å². The van der Waals surface area contributed by atoms with Gasteiger partial charge in [0, 0.05) is 11.9 Å². The Morgan fingerprint density at radius 1 is 1.13 bits per heavy atom. The quantitative estimate of drug-likeness (QED) is 0.414. The van der Waals surface area contributed by atoms with Crippen LogP contribution in [0, 0.1) is 6.92 Å². The fourth-order valence-corrected chi connectivity index (χ4v) is 3.24. The normalized spacial score (nSPS) is 11.4. The highest BCUT2D eigenvalue weighted by molar-refractivity contribution is 5.96. The van der Waals surface area contributed by atoms with Gasteiger partial charge in [-0.25, -0.2) is 0 Å². The molecule has 0 aliphatic heterocycles. The summed E-state index contributed by atoms with van der Waals surface area (Å²) in [5.74, 6) is 0.606. The Balaban J connectivity index is 1.53. The first kappa shape index (κ1) is 19.4. The van der Waals surface area contributed by atoms with Gasteiger partial charge in [0.2, 0.25) is 5.88 Å². The summed E-state index contributed by atoms with van der Waals surface area (Å²) in [6.07, 6.45) is 0. The van der Waals surface area contributed by atoms with Gasteiger partial charge in [-0.3, -0.25) is 4.79 Å². The summed E-state index contributed by atoms with van der Waals surface area (Å²) in [6.45, 7) is 4.64. The third-order valence-electron chi connectivity index (χ3n) is 4.72. The molecule has 0 aliphatic rings. The van der Waals surface area contributed by atoms with Gasteiger partial charge in [0.15, 0.2) is 11.4 Å². The number of azo groups is 1. The fraction of sp³-hybridized carbons (Fsp3) is 0.174. The predicted octanol–water partition coefficient (Wildman–Crippen LogP) is 5.77. The van der Waals surface area contributed by atoms with E-state index >= 15 is 0 Å². The zero-order chi connectivity index (χ0) is 21.1. The second kappa shape index (κ2) is 8.24. The molecule has 2 aromatic carbocycles. The lowest BCUT2D eigenvalue weighted by atomic mass is 10.1. The number of fused-ring (bicyclic) bond motifs is 1. The Morgan fingerprint density at radius 2 is 1.93 bits per heavy atom. The van der Waals surface area contributed by atoms with Gasteiger partial charge < -0.3 is 18.8 Å². The molecule has 0 aliphatic carbocycles. The van der Waals surface area contributed by atoms with Crippen molar-refractivity contribution in [2.45, 2.75) is 27.0 Å². The molecule has 2 aromatic heterocycles. The van der Waals surface area contributed by atoms with Crippen molar-refractivity contribution in [2.24, 2.45) is 10.2 Å². The van der Waals surface area contributed by atoms with Gasteiger partial charge in [0.25, 0.3) is 0 Å². The average molecular weight is 403 g/mol. The molecule has 152 valence electrons. The van der Waals surface area contributed by atoms with E-state index in [-0.39, 0.29) is 23.9 Å². The van der Waals surface area contributed by atoms with E-state index in [0.717, 1.165) is 16.5 Å². The Hall–Kier alpha value is -3.87. The van der Waals surface area contributed by atoms with Gasteiger partial charge in [-0.2, -0.15) is 0 Å². The van der Waals surface area contributed by atoms with Crippen LogP contribution in [0.1, 0.15) is 28.8 Å². The summed E-state index contributed by atoms with van der Waals surface area (Å²) < 4.78 is 12.9. The first-order chi connectivity index (χ1) is 14.6. The van der Waals surface area contributed by atoms with Crippen LogP contribution in [0.3, 0.4) is 0 Å². The molecular formula is C23H21N3O4. The van der Waals surface area contributed by atoms with Crippen molar-refractivity contribution in [3.63, 3.8) is 0 Å². The minimum absolute atomic E-state index is 0.0222. The third kappa shape index (κ3) is 3.82. The highest BCUT2D eigenvalue weighted by Crippen LogP contribution is 2.39. The standard InChI is InChI=1S/C23H21N3O4/c1-3-26-19-11-9-15(2)13-18(19)21(23(26)28)24-25-22(27)20-12-10-17(30-20)14-29-16-7-5-4-6-8-16/h4-13,28H,3,14H2,1-2H3. The van der Waals surface area contributed by atoms with E-state index < -0.39 is 5.91 Å². The zero-order valence-corrected chi connectivity index (χ0v) is 16.7. The number of aromatic hydroxyl groups is 1. The number of hydrogen-bond donors (Lipinski definition) is 1. The van der Waals surface area contributed by atoms with Crippen LogP contribution in [-0.2, 0) is 13.2 Å². The number of rotatable bonds is 6. The van der Waals surface area contributed by atoms with Crippen LogP contribution < -0.4 is 4.74 Å². The maximum Gasteiger partial charge on any atom is 0.331 e. The van der Waals surface area contributed by atoms with Crippen LogP contribution in [0.2, 0.25) is 0 Å². The molecule has 0 saturated carbocycles. The summed E-state index contributed by atoms with van der Waals surface area (Å²) in [5.41, 5.74) is 2.12. The molecule has 0 spiro atoms. The van der Waals surface area contributed by atoms with E-state index in [0.29, 0.717) is 18.1 Å². The number of ether oxygens (including phenoxy) is 1. The van der Waals surface area contributed by atoms with Crippen LogP contribution in [0.5, 0.6) is 11.6 Å². The number of furan rings is 1. The third-order valence-corrected chi connectivity index (χ3v) is 4.72. The van der Waals surface area contributed by atoms with Crippen LogP contribution in [0.4, 0.5) is 5.69 Å². The lowest BCUT2D eigenvalue weighted by Gasteiger charge is -2.02. The van der Waals surface area contributed by atoms with E-state index in [1.54, 1.807) is 10.6 Å². The molecule has 4 aromatic rings. The van der Waals surface area contributed by atoms with E-state index in [4.69, 9.17) is 9.15 Å². The van der Waals surface area contributed by atoms with Gasteiger partial charge in [-0.15, -0.1) is 10.2 Å². The molecule has 1 N–H and O–H groups in total. The lowest BCUT2D eigenvalue weighted by molar-refractivity contribution is 0.0964. The summed E-state index contributed by atoms with van der Waals surface area (Å²) >= 11 is 0. The largest absolute Gasteiger partial charge is 0.493 e. The SMILES string of the molecule is CCn1c(O)c(N=NC(=O)c2ccc(COc3ccccc3)o2)c2cc(C)ccc21. The molecule has 30 heavy (non-hydrogen) atoms. The van der Waals surface area contributed by atoms with Gasteiger partial charge >= 0.3 is 5.91 Å². The van der Waals surface area contributed by atoms with Crippen molar-refractivity contribution in [2.75, 3.05) is 0 Å².